The van der Waals surface area contributed by atoms with Crippen molar-refractivity contribution < 1.29 is 4.74 Å². The Hall–Kier alpha value is -1.93. The zero-order valence-corrected chi connectivity index (χ0v) is 16.9. The molecule has 1 N–H and O–H groups in total. The van der Waals surface area contributed by atoms with Gasteiger partial charge in [0.05, 0.1) is 26.3 Å². The van der Waals surface area contributed by atoms with Gasteiger partial charge in [0.1, 0.15) is 0 Å². The molecule has 0 radical (unpaired) electrons. The summed E-state index contributed by atoms with van der Waals surface area (Å²) in [5, 5.41) is 5.95. The number of rotatable bonds is 4. The van der Waals surface area contributed by atoms with Gasteiger partial charge in [0.15, 0.2) is 11.6 Å². The summed E-state index contributed by atoms with van der Waals surface area (Å²) < 4.78 is 8.08. The highest BCUT2D eigenvalue weighted by Crippen LogP contribution is 2.37. The predicted molar refractivity (Wildman–Crippen MR) is 113 cm³/mol. The molecule has 0 unspecified atom stereocenters. The highest BCUT2D eigenvalue weighted by molar-refractivity contribution is 5.70. The maximum atomic E-state index is 5.66. The van der Waals surface area contributed by atoms with Crippen molar-refractivity contribution in [1.82, 2.24) is 15.0 Å². The van der Waals surface area contributed by atoms with E-state index in [1.165, 1.54) is 30.9 Å². The van der Waals surface area contributed by atoms with Crippen LogP contribution in [-0.4, -0.2) is 81.8 Å². The minimum absolute atomic E-state index is 0.785. The van der Waals surface area contributed by atoms with Crippen LogP contribution in [0.25, 0.3) is 0 Å². The topological polar surface area (TPSA) is 52.0 Å². The number of hydrogen-bond acceptors (Lipinski definition) is 7. The van der Waals surface area contributed by atoms with E-state index >= 15 is 0 Å². The number of imidazole rings is 1. The van der Waals surface area contributed by atoms with Crippen LogP contribution in [0.15, 0.2) is 12.3 Å². The molecule has 0 atom stereocenters. The van der Waals surface area contributed by atoms with Crippen LogP contribution in [0.2, 0.25) is 0 Å². The summed E-state index contributed by atoms with van der Waals surface area (Å²) in [6, 6.07) is 0. The molecule has 0 aliphatic carbocycles. The lowest BCUT2D eigenvalue weighted by Crippen LogP contribution is -2.49. The SMILES string of the molecule is C1=CN(c2nc(N3CCCCC3)c(N3CCNCC3)n2N2CCOCC2)CC1. The van der Waals surface area contributed by atoms with Gasteiger partial charge >= 0.3 is 0 Å². The largest absolute Gasteiger partial charge is 0.378 e. The van der Waals surface area contributed by atoms with Crippen molar-refractivity contribution in [3.05, 3.63) is 12.3 Å². The Labute approximate surface area is 167 Å². The van der Waals surface area contributed by atoms with Gasteiger partial charge in [-0.3, -0.25) is 0 Å². The smallest absolute Gasteiger partial charge is 0.232 e. The van der Waals surface area contributed by atoms with Crippen LogP contribution in [-0.2, 0) is 4.74 Å². The number of piperazine rings is 1. The molecule has 154 valence electrons. The first-order chi connectivity index (χ1) is 13.9. The Morgan fingerprint density at radius 2 is 1.64 bits per heavy atom. The van der Waals surface area contributed by atoms with Gasteiger partial charge in [-0.25, -0.2) is 4.68 Å². The molecule has 28 heavy (non-hydrogen) atoms. The minimum atomic E-state index is 0.785. The van der Waals surface area contributed by atoms with Gasteiger partial charge in [0, 0.05) is 52.0 Å². The quantitative estimate of drug-likeness (QED) is 0.826. The molecular formula is C20H33N7O. The van der Waals surface area contributed by atoms with E-state index in [-0.39, 0.29) is 0 Å². The molecule has 5 rings (SSSR count). The molecule has 0 aromatic carbocycles. The number of ether oxygens (including phenoxy) is 1. The Morgan fingerprint density at radius 3 is 2.36 bits per heavy atom. The van der Waals surface area contributed by atoms with Gasteiger partial charge in [-0.15, -0.1) is 0 Å². The molecular weight excluding hydrogens is 354 g/mol. The number of morpholine rings is 1. The van der Waals surface area contributed by atoms with E-state index in [4.69, 9.17) is 9.72 Å². The Kier molecular flexibility index (Phi) is 5.31. The summed E-state index contributed by atoms with van der Waals surface area (Å²) in [7, 11) is 0. The lowest BCUT2D eigenvalue weighted by atomic mass is 10.1. The summed E-state index contributed by atoms with van der Waals surface area (Å²) in [5.74, 6) is 3.55. The van der Waals surface area contributed by atoms with Crippen molar-refractivity contribution in [1.29, 1.82) is 0 Å². The number of nitrogens with zero attached hydrogens (tertiary/aromatic N) is 6. The van der Waals surface area contributed by atoms with E-state index in [2.05, 4.69) is 42.0 Å². The monoisotopic (exact) mass is 387 g/mol. The zero-order chi connectivity index (χ0) is 18.8. The third-order valence-corrected chi connectivity index (χ3v) is 6.22. The first-order valence-corrected chi connectivity index (χ1v) is 11.0. The standard InChI is InChI=1S/C20H33N7O/c1-2-8-23(9-3-1)18-19(24-12-6-21-7-13-24)27(26-14-16-28-17-15-26)20(22-18)25-10-4-5-11-25/h4,10,21H,1-3,5-9,11-17H2. The van der Waals surface area contributed by atoms with E-state index < -0.39 is 0 Å². The average Bonchev–Trinajstić information content (AvgIpc) is 3.43. The lowest BCUT2D eigenvalue weighted by molar-refractivity contribution is 0.111. The Balaban J connectivity index is 1.61. The van der Waals surface area contributed by atoms with Crippen molar-refractivity contribution in [2.45, 2.75) is 25.7 Å². The van der Waals surface area contributed by atoms with Crippen LogP contribution in [0.3, 0.4) is 0 Å². The first-order valence-electron chi connectivity index (χ1n) is 11.0. The molecule has 0 amide bonds. The summed E-state index contributed by atoms with van der Waals surface area (Å²) in [6.07, 6.45) is 9.43. The molecule has 1 aromatic heterocycles. The zero-order valence-electron chi connectivity index (χ0n) is 16.9. The molecule has 5 heterocycles. The second kappa shape index (κ2) is 8.21. The number of nitrogens with one attached hydrogen (secondary N) is 1. The van der Waals surface area contributed by atoms with Crippen LogP contribution in [0.4, 0.5) is 17.6 Å². The van der Waals surface area contributed by atoms with Crippen LogP contribution in [0.5, 0.6) is 0 Å². The van der Waals surface area contributed by atoms with E-state index in [0.717, 1.165) is 84.5 Å². The Morgan fingerprint density at radius 1 is 0.857 bits per heavy atom. The van der Waals surface area contributed by atoms with Crippen LogP contribution in [0, 0.1) is 0 Å². The molecule has 1 aromatic rings. The molecule has 4 aliphatic heterocycles. The number of piperidine rings is 1. The molecule has 0 spiro atoms. The normalized spacial score (nSPS) is 23.7. The van der Waals surface area contributed by atoms with E-state index in [1.54, 1.807) is 0 Å². The fourth-order valence-electron chi connectivity index (χ4n) is 4.71. The maximum absolute atomic E-state index is 5.66. The molecule has 8 nitrogen and oxygen atoms in total. The Bertz CT molecular complexity index is 685. The summed E-state index contributed by atoms with van der Waals surface area (Å²) in [5.41, 5.74) is 0. The van der Waals surface area contributed by atoms with E-state index in [0.29, 0.717) is 0 Å². The number of aromatic nitrogens is 2. The van der Waals surface area contributed by atoms with Crippen molar-refractivity contribution in [3.8, 4) is 0 Å². The summed E-state index contributed by atoms with van der Waals surface area (Å²) >= 11 is 0. The third kappa shape index (κ3) is 3.43. The van der Waals surface area contributed by atoms with Gasteiger partial charge in [-0.2, -0.15) is 4.98 Å². The molecule has 8 heteroatoms. The highest BCUT2D eigenvalue weighted by atomic mass is 16.5. The van der Waals surface area contributed by atoms with Crippen LogP contribution in [0.1, 0.15) is 25.7 Å². The van der Waals surface area contributed by atoms with Gasteiger partial charge in [0.25, 0.3) is 0 Å². The van der Waals surface area contributed by atoms with Crippen molar-refractivity contribution >= 4 is 17.6 Å². The molecule has 0 bridgehead atoms. The lowest BCUT2D eigenvalue weighted by Gasteiger charge is -2.38. The number of hydrogen-bond donors (Lipinski definition) is 1. The third-order valence-electron chi connectivity index (χ3n) is 6.22. The van der Waals surface area contributed by atoms with Gasteiger partial charge < -0.3 is 29.8 Å². The fourth-order valence-corrected chi connectivity index (χ4v) is 4.71. The minimum Gasteiger partial charge on any atom is -0.378 e. The second-order valence-corrected chi connectivity index (χ2v) is 8.09. The van der Waals surface area contributed by atoms with E-state index in [1.807, 2.05) is 0 Å². The van der Waals surface area contributed by atoms with Crippen molar-refractivity contribution in [2.75, 3.05) is 91.8 Å². The number of anilines is 3. The van der Waals surface area contributed by atoms with E-state index in [9.17, 15) is 0 Å². The predicted octanol–water partition coefficient (Wildman–Crippen LogP) is 0.975. The average molecular weight is 388 g/mol. The molecule has 3 fully saturated rings. The van der Waals surface area contributed by atoms with Crippen molar-refractivity contribution in [2.24, 2.45) is 0 Å². The molecule has 3 saturated heterocycles. The molecule has 0 saturated carbocycles. The summed E-state index contributed by atoms with van der Waals surface area (Å²) in [6.45, 7) is 10.8. The first kappa shape index (κ1) is 18.1. The highest BCUT2D eigenvalue weighted by Gasteiger charge is 2.32. The van der Waals surface area contributed by atoms with Gasteiger partial charge in [-0.05, 0) is 25.7 Å². The fraction of sp³-hybridized carbons (Fsp3) is 0.750. The van der Waals surface area contributed by atoms with Crippen LogP contribution < -0.4 is 25.0 Å². The van der Waals surface area contributed by atoms with Gasteiger partial charge in [0.2, 0.25) is 5.95 Å². The maximum Gasteiger partial charge on any atom is 0.232 e. The van der Waals surface area contributed by atoms with Gasteiger partial charge in [-0.1, -0.05) is 6.08 Å². The molecule has 4 aliphatic rings. The van der Waals surface area contributed by atoms with Crippen LogP contribution >= 0.6 is 0 Å². The summed E-state index contributed by atoms with van der Waals surface area (Å²) in [4.78, 5) is 12.7. The van der Waals surface area contributed by atoms with Crippen molar-refractivity contribution in [3.63, 3.8) is 0 Å². The second-order valence-electron chi connectivity index (χ2n) is 8.09.